The third kappa shape index (κ3) is 3.82. The van der Waals surface area contributed by atoms with E-state index in [4.69, 9.17) is 5.11 Å². The molecule has 1 saturated carbocycles. The van der Waals surface area contributed by atoms with Gasteiger partial charge in [-0.15, -0.1) is 0 Å². The van der Waals surface area contributed by atoms with Crippen LogP contribution in [0, 0.1) is 6.92 Å². The van der Waals surface area contributed by atoms with Crippen LogP contribution in [-0.2, 0) is 11.2 Å². The molecule has 0 bridgehead atoms. The summed E-state index contributed by atoms with van der Waals surface area (Å²) in [5.74, 6) is 0.582. The topological polar surface area (TPSA) is 87.1 Å². The van der Waals surface area contributed by atoms with Crippen molar-refractivity contribution in [2.75, 3.05) is 17.2 Å². The fourth-order valence-electron chi connectivity index (χ4n) is 2.68. The molecule has 0 atom stereocenters. The molecule has 0 aliphatic heterocycles. The Morgan fingerprint density at radius 2 is 2.12 bits per heavy atom. The Labute approximate surface area is 141 Å². The zero-order valence-corrected chi connectivity index (χ0v) is 14.0. The van der Waals surface area contributed by atoms with Crippen LogP contribution < -0.4 is 10.6 Å². The van der Waals surface area contributed by atoms with Crippen LogP contribution >= 0.6 is 0 Å². The Kier molecular flexibility index (Phi) is 4.64. The van der Waals surface area contributed by atoms with Crippen molar-refractivity contribution in [3.63, 3.8) is 0 Å². The van der Waals surface area contributed by atoms with E-state index in [0.29, 0.717) is 17.7 Å². The largest absolute Gasteiger partial charge is 0.480 e. The minimum Gasteiger partial charge on any atom is -0.480 e. The predicted octanol–water partition coefficient (Wildman–Crippen LogP) is 3.46. The number of nitrogens with zero attached hydrogens (tertiary/aromatic N) is 2. The summed E-state index contributed by atoms with van der Waals surface area (Å²) in [7, 11) is 0. The lowest BCUT2D eigenvalue weighted by molar-refractivity contribution is -0.134. The summed E-state index contributed by atoms with van der Waals surface area (Å²) in [6.45, 7) is 3.99. The number of anilines is 3. The second-order valence-electron chi connectivity index (χ2n) is 6.11. The lowest BCUT2D eigenvalue weighted by Crippen LogP contribution is -2.15. The normalized spacial score (nSPS) is 13.6. The molecular weight excluding hydrogens is 304 g/mol. The Morgan fingerprint density at radius 1 is 1.33 bits per heavy atom. The van der Waals surface area contributed by atoms with Crippen molar-refractivity contribution in [2.45, 2.75) is 39.0 Å². The van der Waals surface area contributed by atoms with Crippen molar-refractivity contribution in [3.05, 3.63) is 41.1 Å². The van der Waals surface area contributed by atoms with Crippen LogP contribution in [0.1, 0.15) is 42.5 Å². The molecule has 0 saturated heterocycles. The zero-order valence-electron chi connectivity index (χ0n) is 14.0. The first-order chi connectivity index (χ1) is 11.6. The molecular formula is C18H22N4O2. The molecule has 1 heterocycles. The van der Waals surface area contributed by atoms with Gasteiger partial charge >= 0.3 is 5.97 Å². The Morgan fingerprint density at radius 3 is 2.79 bits per heavy atom. The van der Waals surface area contributed by atoms with Crippen molar-refractivity contribution in [1.29, 1.82) is 0 Å². The van der Waals surface area contributed by atoms with Gasteiger partial charge in [0.1, 0.15) is 12.4 Å². The lowest BCUT2D eigenvalue weighted by Gasteiger charge is -2.15. The van der Waals surface area contributed by atoms with Crippen LogP contribution in [0.5, 0.6) is 0 Å². The number of hydrogen-bond acceptors (Lipinski definition) is 5. The third-order valence-corrected chi connectivity index (χ3v) is 4.13. The summed E-state index contributed by atoms with van der Waals surface area (Å²) in [6.07, 6.45) is 3.17. The van der Waals surface area contributed by atoms with E-state index in [1.54, 1.807) is 0 Å². The van der Waals surface area contributed by atoms with Crippen molar-refractivity contribution in [1.82, 2.24) is 9.97 Å². The number of rotatable bonds is 7. The first-order valence-electron chi connectivity index (χ1n) is 8.27. The van der Waals surface area contributed by atoms with Gasteiger partial charge in [0.05, 0.1) is 5.69 Å². The van der Waals surface area contributed by atoms with Crippen molar-refractivity contribution < 1.29 is 9.90 Å². The summed E-state index contributed by atoms with van der Waals surface area (Å²) in [4.78, 5) is 19.7. The molecule has 2 aromatic rings. The molecule has 24 heavy (non-hydrogen) atoms. The SMILES string of the molecule is CCc1cccc(C)c1Nc1cc(C2CC2)nc(NCC(=O)O)n1. The van der Waals surface area contributed by atoms with Gasteiger partial charge in [-0.3, -0.25) is 4.79 Å². The molecule has 1 aliphatic carbocycles. The average Bonchev–Trinajstić information content (AvgIpc) is 3.39. The first-order valence-corrected chi connectivity index (χ1v) is 8.27. The van der Waals surface area contributed by atoms with Crippen molar-refractivity contribution in [3.8, 4) is 0 Å². The van der Waals surface area contributed by atoms with Gasteiger partial charge in [-0.2, -0.15) is 4.98 Å². The summed E-state index contributed by atoms with van der Waals surface area (Å²) < 4.78 is 0. The molecule has 0 radical (unpaired) electrons. The second-order valence-corrected chi connectivity index (χ2v) is 6.11. The van der Waals surface area contributed by atoms with Gasteiger partial charge in [-0.05, 0) is 37.3 Å². The van der Waals surface area contributed by atoms with Gasteiger partial charge in [-0.1, -0.05) is 25.1 Å². The monoisotopic (exact) mass is 326 g/mol. The van der Waals surface area contributed by atoms with Crippen LogP contribution in [-0.4, -0.2) is 27.6 Å². The minimum atomic E-state index is -0.933. The van der Waals surface area contributed by atoms with E-state index in [-0.39, 0.29) is 6.54 Å². The second kappa shape index (κ2) is 6.86. The summed E-state index contributed by atoms with van der Waals surface area (Å²) in [5, 5.41) is 15.0. The number of nitrogens with one attached hydrogen (secondary N) is 2. The Bertz CT molecular complexity index is 757. The van der Waals surface area contributed by atoms with E-state index in [0.717, 1.165) is 36.2 Å². The summed E-state index contributed by atoms with van der Waals surface area (Å²) in [5.41, 5.74) is 4.40. The van der Waals surface area contributed by atoms with E-state index in [2.05, 4.69) is 52.6 Å². The fraction of sp³-hybridized carbons (Fsp3) is 0.389. The van der Waals surface area contributed by atoms with E-state index in [1.165, 1.54) is 5.56 Å². The fourth-order valence-corrected chi connectivity index (χ4v) is 2.68. The minimum absolute atomic E-state index is 0.196. The van der Waals surface area contributed by atoms with Gasteiger partial charge in [0.2, 0.25) is 5.95 Å². The molecule has 1 aliphatic rings. The Hall–Kier alpha value is -2.63. The summed E-state index contributed by atoms with van der Waals surface area (Å²) in [6, 6.07) is 8.18. The first kappa shape index (κ1) is 16.2. The average molecular weight is 326 g/mol. The molecule has 0 unspecified atom stereocenters. The molecule has 1 aromatic carbocycles. The highest BCUT2D eigenvalue weighted by Gasteiger charge is 2.26. The van der Waals surface area contributed by atoms with E-state index in [9.17, 15) is 4.79 Å². The number of carboxylic acids is 1. The molecule has 1 fully saturated rings. The zero-order chi connectivity index (χ0) is 17.1. The highest BCUT2D eigenvalue weighted by Crippen LogP contribution is 2.40. The van der Waals surface area contributed by atoms with Gasteiger partial charge < -0.3 is 15.7 Å². The van der Waals surface area contributed by atoms with E-state index < -0.39 is 5.97 Å². The number of para-hydroxylation sites is 1. The van der Waals surface area contributed by atoms with Gasteiger partial charge in [-0.25, -0.2) is 4.98 Å². The van der Waals surface area contributed by atoms with Crippen LogP contribution in [0.25, 0.3) is 0 Å². The number of hydrogen-bond donors (Lipinski definition) is 3. The Balaban J connectivity index is 1.91. The number of aromatic nitrogens is 2. The van der Waals surface area contributed by atoms with Crippen molar-refractivity contribution in [2.24, 2.45) is 0 Å². The standard InChI is InChI=1S/C18H22N4O2/c1-3-12-6-4-5-11(2)17(12)21-15-9-14(13-7-8-13)20-18(22-15)19-10-16(23)24/h4-6,9,13H,3,7-8,10H2,1-2H3,(H,23,24)(H2,19,20,21,22). The van der Waals surface area contributed by atoms with Gasteiger partial charge in [0.25, 0.3) is 0 Å². The molecule has 126 valence electrons. The molecule has 6 heteroatoms. The van der Waals surface area contributed by atoms with Crippen LogP contribution in [0.3, 0.4) is 0 Å². The van der Waals surface area contributed by atoms with Crippen LogP contribution in [0.15, 0.2) is 24.3 Å². The molecule has 3 rings (SSSR count). The molecule has 3 N–H and O–H groups in total. The maximum atomic E-state index is 10.8. The maximum absolute atomic E-state index is 10.8. The number of aliphatic carboxylic acids is 1. The molecule has 1 aromatic heterocycles. The highest BCUT2D eigenvalue weighted by molar-refractivity contribution is 5.72. The predicted molar refractivity (Wildman–Crippen MR) is 94.0 cm³/mol. The third-order valence-electron chi connectivity index (χ3n) is 4.13. The van der Waals surface area contributed by atoms with Crippen molar-refractivity contribution >= 4 is 23.4 Å². The van der Waals surface area contributed by atoms with Gasteiger partial charge in [0.15, 0.2) is 0 Å². The molecule has 0 spiro atoms. The van der Waals surface area contributed by atoms with E-state index in [1.807, 2.05) is 6.07 Å². The smallest absolute Gasteiger partial charge is 0.322 e. The van der Waals surface area contributed by atoms with E-state index >= 15 is 0 Å². The number of aryl methyl sites for hydroxylation is 2. The quantitative estimate of drug-likeness (QED) is 0.722. The molecule has 0 amide bonds. The number of benzene rings is 1. The molecule has 6 nitrogen and oxygen atoms in total. The van der Waals surface area contributed by atoms with Crippen LogP contribution in [0.2, 0.25) is 0 Å². The lowest BCUT2D eigenvalue weighted by atomic mass is 10.1. The maximum Gasteiger partial charge on any atom is 0.322 e. The summed E-state index contributed by atoms with van der Waals surface area (Å²) >= 11 is 0. The highest BCUT2D eigenvalue weighted by atomic mass is 16.4. The van der Waals surface area contributed by atoms with Gasteiger partial charge in [0, 0.05) is 17.7 Å². The van der Waals surface area contributed by atoms with Crippen LogP contribution in [0.4, 0.5) is 17.5 Å². The number of carboxylic acid groups (broad SMARTS) is 1. The number of carbonyl (C=O) groups is 1.